The smallest absolute Gasteiger partial charge is 0.324 e. The summed E-state index contributed by atoms with van der Waals surface area (Å²) in [7, 11) is 0. The number of aromatic nitrogens is 1. The van der Waals surface area contributed by atoms with Gasteiger partial charge in [-0.25, -0.2) is 0 Å². The summed E-state index contributed by atoms with van der Waals surface area (Å²) in [5.41, 5.74) is 4.67. The first kappa shape index (κ1) is 19.8. The molecule has 0 unspecified atom stereocenters. The maximum atomic E-state index is 6.65. The molecule has 0 aliphatic heterocycles. The maximum absolute atomic E-state index is 6.65. The minimum absolute atomic E-state index is 0.0112. The molecule has 0 spiro atoms. The van der Waals surface area contributed by atoms with Crippen LogP contribution in [0.2, 0.25) is 6.82 Å². The molecule has 0 fully saturated rings. The maximum Gasteiger partial charge on any atom is 0.324 e. The van der Waals surface area contributed by atoms with Crippen molar-refractivity contribution in [3.05, 3.63) is 72.8 Å². The molecular weight excluding hydrogens is 353 g/mol. The fraction of sp³-hybridized carbons (Fsp3) is 0.308. The van der Waals surface area contributed by atoms with Gasteiger partial charge in [-0.3, -0.25) is 0 Å². The zero-order chi connectivity index (χ0) is 20.8. The standard InChI is InChI=1S/C26H30BNO/c1-25(2,3)26(4,5)29-27(6)21-16-12-18-23-24(21)20-15-10-11-17-22(20)28(23)19-13-8-7-9-14-19/h7-18H,1-6H3. The van der Waals surface area contributed by atoms with E-state index < -0.39 is 0 Å². The molecule has 0 aliphatic carbocycles. The molecule has 1 heterocycles. The van der Waals surface area contributed by atoms with E-state index in [1.165, 1.54) is 33.0 Å². The Morgan fingerprint density at radius 1 is 0.724 bits per heavy atom. The fourth-order valence-electron chi connectivity index (χ4n) is 3.92. The molecule has 0 radical (unpaired) electrons. The highest BCUT2D eigenvalue weighted by molar-refractivity contribution is 6.69. The summed E-state index contributed by atoms with van der Waals surface area (Å²) in [6.07, 6.45) is 0. The Bertz CT molecular complexity index is 1150. The van der Waals surface area contributed by atoms with E-state index in [0.29, 0.717) is 0 Å². The van der Waals surface area contributed by atoms with Crippen LogP contribution in [-0.4, -0.2) is 17.1 Å². The van der Waals surface area contributed by atoms with Crippen LogP contribution >= 0.6 is 0 Å². The third kappa shape index (κ3) is 3.38. The Hall–Kier alpha value is -2.52. The highest BCUT2D eigenvalue weighted by atomic mass is 16.5. The quantitative estimate of drug-likeness (QED) is 0.369. The Morgan fingerprint density at radius 2 is 1.34 bits per heavy atom. The molecule has 4 rings (SSSR count). The van der Waals surface area contributed by atoms with Crippen LogP contribution in [0.15, 0.2) is 72.8 Å². The predicted octanol–water partition coefficient (Wildman–Crippen LogP) is 6.45. The SMILES string of the molecule is CB(OC(C)(C)C(C)(C)C)c1cccc2c1c1ccccc1n2-c1ccccc1. The van der Waals surface area contributed by atoms with E-state index in [0.717, 1.165) is 0 Å². The van der Waals surface area contributed by atoms with Gasteiger partial charge >= 0.3 is 6.92 Å². The van der Waals surface area contributed by atoms with E-state index in [2.05, 4.69) is 119 Å². The lowest BCUT2D eigenvalue weighted by Crippen LogP contribution is -2.47. The zero-order valence-electron chi connectivity index (χ0n) is 18.4. The normalized spacial score (nSPS) is 12.6. The second-order valence-electron chi connectivity index (χ2n) is 9.45. The molecule has 0 saturated heterocycles. The third-order valence-electron chi connectivity index (χ3n) is 6.46. The van der Waals surface area contributed by atoms with Crippen LogP contribution < -0.4 is 5.46 Å². The van der Waals surface area contributed by atoms with Crippen molar-refractivity contribution in [2.24, 2.45) is 5.41 Å². The molecule has 1 aromatic heterocycles. The topological polar surface area (TPSA) is 14.2 Å². The van der Waals surface area contributed by atoms with Gasteiger partial charge in [0.2, 0.25) is 0 Å². The van der Waals surface area contributed by atoms with Gasteiger partial charge in [-0.1, -0.05) is 76.1 Å². The van der Waals surface area contributed by atoms with Gasteiger partial charge in [-0.2, -0.15) is 0 Å². The lowest BCUT2D eigenvalue weighted by Gasteiger charge is -2.41. The number of benzene rings is 3. The second kappa shape index (κ2) is 7.07. The van der Waals surface area contributed by atoms with Gasteiger partial charge in [0.05, 0.1) is 16.6 Å². The van der Waals surface area contributed by atoms with Crippen molar-refractivity contribution in [2.45, 2.75) is 47.0 Å². The van der Waals surface area contributed by atoms with Crippen LogP contribution in [0, 0.1) is 5.41 Å². The summed E-state index contributed by atoms with van der Waals surface area (Å²) in [4.78, 5) is 0. The molecule has 3 heteroatoms. The van der Waals surface area contributed by atoms with Crippen molar-refractivity contribution in [3.8, 4) is 5.69 Å². The summed E-state index contributed by atoms with van der Waals surface area (Å²) in [5.74, 6) is 0. The third-order valence-corrected chi connectivity index (χ3v) is 6.46. The average molecular weight is 383 g/mol. The number of hydrogen-bond donors (Lipinski definition) is 0. The molecule has 29 heavy (non-hydrogen) atoms. The van der Waals surface area contributed by atoms with E-state index in [4.69, 9.17) is 4.65 Å². The minimum Gasteiger partial charge on any atom is -0.426 e. The van der Waals surface area contributed by atoms with E-state index in [1.54, 1.807) is 0 Å². The summed E-state index contributed by atoms with van der Waals surface area (Å²) < 4.78 is 9.01. The van der Waals surface area contributed by atoms with Crippen molar-refractivity contribution in [3.63, 3.8) is 0 Å². The van der Waals surface area contributed by atoms with E-state index in [1.807, 2.05) is 0 Å². The molecule has 0 saturated carbocycles. The molecule has 2 nitrogen and oxygen atoms in total. The molecule has 0 atom stereocenters. The first-order valence-electron chi connectivity index (χ1n) is 10.5. The van der Waals surface area contributed by atoms with Gasteiger partial charge in [-0.15, -0.1) is 0 Å². The fourth-order valence-corrected chi connectivity index (χ4v) is 3.92. The Balaban J connectivity index is 1.94. The molecule has 0 amide bonds. The number of nitrogens with zero attached hydrogens (tertiary/aromatic N) is 1. The molecular formula is C26H30BNO. The van der Waals surface area contributed by atoms with Crippen LogP contribution in [-0.2, 0) is 4.65 Å². The number of fused-ring (bicyclic) bond motifs is 3. The Morgan fingerprint density at radius 3 is 2.03 bits per heavy atom. The van der Waals surface area contributed by atoms with Gasteiger partial charge < -0.3 is 9.22 Å². The summed E-state index contributed by atoms with van der Waals surface area (Å²) in [6.45, 7) is 13.3. The monoisotopic (exact) mass is 383 g/mol. The lowest BCUT2D eigenvalue weighted by molar-refractivity contribution is 0.000498. The van der Waals surface area contributed by atoms with Gasteiger partial charge in [0.1, 0.15) is 0 Å². The molecule has 3 aromatic carbocycles. The van der Waals surface area contributed by atoms with Crippen LogP contribution in [0.1, 0.15) is 34.6 Å². The number of rotatable bonds is 4. The van der Waals surface area contributed by atoms with Gasteiger partial charge in [0.25, 0.3) is 0 Å². The number of para-hydroxylation sites is 2. The van der Waals surface area contributed by atoms with Gasteiger partial charge in [0.15, 0.2) is 0 Å². The van der Waals surface area contributed by atoms with Crippen LogP contribution in [0.25, 0.3) is 27.5 Å². The lowest BCUT2D eigenvalue weighted by atomic mass is 9.60. The molecule has 0 bridgehead atoms. The number of hydrogen-bond acceptors (Lipinski definition) is 1. The van der Waals surface area contributed by atoms with E-state index in [-0.39, 0.29) is 17.9 Å². The molecule has 4 aromatic rings. The summed E-state index contributed by atoms with van der Waals surface area (Å²) in [5, 5.41) is 2.55. The highest BCUT2D eigenvalue weighted by Gasteiger charge is 2.36. The van der Waals surface area contributed by atoms with Gasteiger partial charge in [-0.05, 0) is 49.0 Å². The molecule has 0 aliphatic rings. The molecule has 0 N–H and O–H groups in total. The summed E-state index contributed by atoms with van der Waals surface area (Å²) in [6, 6.07) is 25.8. The predicted molar refractivity (Wildman–Crippen MR) is 127 cm³/mol. The first-order chi connectivity index (χ1) is 13.7. The highest BCUT2D eigenvalue weighted by Crippen LogP contribution is 2.35. The van der Waals surface area contributed by atoms with E-state index in [9.17, 15) is 0 Å². The van der Waals surface area contributed by atoms with Crippen LogP contribution in [0.5, 0.6) is 0 Å². The van der Waals surface area contributed by atoms with Crippen molar-refractivity contribution in [1.29, 1.82) is 0 Å². The largest absolute Gasteiger partial charge is 0.426 e. The average Bonchev–Trinajstić information content (AvgIpc) is 3.02. The summed E-state index contributed by atoms with van der Waals surface area (Å²) >= 11 is 0. The van der Waals surface area contributed by atoms with E-state index >= 15 is 0 Å². The van der Waals surface area contributed by atoms with Crippen molar-refractivity contribution in [2.75, 3.05) is 0 Å². The first-order valence-corrected chi connectivity index (χ1v) is 10.5. The Kier molecular flexibility index (Phi) is 4.82. The Labute approximate surface area is 174 Å². The van der Waals surface area contributed by atoms with Gasteiger partial charge in [0, 0.05) is 16.5 Å². The van der Waals surface area contributed by atoms with Crippen LogP contribution in [0.4, 0.5) is 0 Å². The van der Waals surface area contributed by atoms with Crippen LogP contribution in [0.3, 0.4) is 0 Å². The molecule has 148 valence electrons. The van der Waals surface area contributed by atoms with Crippen molar-refractivity contribution >= 4 is 34.2 Å². The zero-order valence-corrected chi connectivity index (χ0v) is 18.4. The minimum atomic E-state index is -0.244. The van der Waals surface area contributed by atoms with Crippen molar-refractivity contribution in [1.82, 2.24) is 4.57 Å². The van der Waals surface area contributed by atoms with Crippen molar-refractivity contribution < 1.29 is 4.65 Å². The second-order valence-corrected chi connectivity index (χ2v) is 9.45.